The minimum Gasteiger partial charge on any atom is -0.339 e. The van der Waals surface area contributed by atoms with E-state index in [0.29, 0.717) is 12.1 Å². The zero-order chi connectivity index (χ0) is 16.0. The summed E-state index contributed by atoms with van der Waals surface area (Å²) in [6, 6.07) is 6.32. The lowest BCUT2D eigenvalue weighted by Crippen LogP contribution is -2.32. The molecule has 0 unspecified atom stereocenters. The standard InChI is InChI=1S/C16H24N2O3S/c1-2-10-17-22(20,21)15-9-7-8-14(13-15)16(19)18-11-5-3-4-6-12-18/h7-9,13,17H,2-6,10-12H2,1H3. The molecule has 1 fully saturated rings. The van der Waals surface area contributed by atoms with E-state index in [9.17, 15) is 13.2 Å². The summed E-state index contributed by atoms with van der Waals surface area (Å²) in [6.45, 7) is 3.81. The lowest BCUT2D eigenvalue weighted by Gasteiger charge is -2.20. The first-order valence-electron chi connectivity index (χ1n) is 7.93. The topological polar surface area (TPSA) is 66.5 Å². The Hall–Kier alpha value is -1.40. The predicted octanol–water partition coefficient (Wildman–Crippen LogP) is 2.39. The number of likely N-dealkylation sites (tertiary alicyclic amines) is 1. The van der Waals surface area contributed by atoms with Gasteiger partial charge in [0.2, 0.25) is 10.0 Å². The third-order valence-electron chi connectivity index (χ3n) is 3.83. The van der Waals surface area contributed by atoms with Gasteiger partial charge in [0.25, 0.3) is 5.91 Å². The van der Waals surface area contributed by atoms with Crippen molar-refractivity contribution in [1.29, 1.82) is 0 Å². The van der Waals surface area contributed by atoms with Gasteiger partial charge in [-0.3, -0.25) is 4.79 Å². The van der Waals surface area contributed by atoms with Crippen LogP contribution in [0.3, 0.4) is 0 Å². The molecule has 2 rings (SSSR count). The Bertz CT molecular complexity index is 606. The van der Waals surface area contributed by atoms with Gasteiger partial charge in [-0.2, -0.15) is 0 Å². The minimum absolute atomic E-state index is 0.0746. The zero-order valence-corrected chi connectivity index (χ0v) is 13.9. The Labute approximate surface area is 132 Å². The van der Waals surface area contributed by atoms with Crippen LogP contribution in [-0.2, 0) is 10.0 Å². The SMILES string of the molecule is CCCNS(=O)(=O)c1cccc(C(=O)N2CCCCCC2)c1. The number of amides is 1. The lowest BCUT2D eigenvalue weighted by atomic mass is 10.2. The summed E-state index contributed by atoms with van der Waals surface area (Å²) < 4.78 is 26.9. The number of hydrogen-bond donors (Lipinski definition) is 1. The number of carbonyl (C=O) groups is 1. The van der Waals surface area contributed by atoms with E-state index >= 15 is 0 Å². The molecule has 0 radical (unpaired) electrons. The summed E-state index contributed by atoms with van der Waals surface area (Å²) in [4.78, 5) is 14.5. The van der Waals surface area contributed by atoms with Crippen LogP contribution in [0.15, 0.2) is 29.2 Å². The van der Waals surface area contributed by atoms with Crippen molar-refractivity contribution in [2.45, 2.75) is 43.9 Å². The van der Waals surface area contributed by atoms with Crippen LogP contribution in [0.5, 0.6) is 0 Å². The van der Waals surface area contributed by atoms with Crippen molar-refractivity contribution in [2.24, 2.45) is 0 Å². The highest BCUT2D eigenvalue weighted by Gasteiger charge is 2.20. The number of rotatable bonds is 5. The van der Waals surface area contributed by atoms with Crippen molar-refractivity contribution in [2.75, 3.05) is 19.6 Å². The normalized spacial score (nSPS) is 16.3. The van der Waals surface area contributed by atoms with Gasteiger partial charge >= 0.3 is 0 Å². The molecule has 1 aromatic carbocycles. The highest BCUT2D eigenvalue weighted by atomic mass is 32.2. The fraction of sp³-hybridized carbons (Fsp3) is 0.562. The maximum atomic E-state index is 12.6. The zero-order valence-electron chi connectivity index (χ0n) is 13.0. The number of nitrogens with zero attached hydrogens (tertiary/aromatic N) is 1. The number of nitrogens with one attached hydrogen (secondary N) is 1. The van der Waals surface area contributed by atoms with Crippen molar-refractivity contribution in [3.05, 3.63) is 29.8 Å². The van der Waals surface area contributed by atoms with E-state index < -0.39 is 10.0 Å². The summed E-state index contributed by atoms with van der Waals surface area (Å²) in [5, 5.41) is 0. The van der Waals surface area contributed by atoms with Crippen molar-refractivity contribution in [1.82, 2.24) is 9.62 Å². The van der Waals surface area contributed by atoms with Gasteiger partial charge in [0.05, 0.1) is 4.90 Å². The van der Waals surface area contributed by atoms with Gasteiger partial charge in [0.1, 0.15) is 0 Å². The molecule has 0 aromatic heterocycles. The highest BCUT2D eigenvalue weighted by Crippen LogP contribution is 2.16. The Balaban J connectivity index is 2.18. The van der Waals surface area contributed by atoms with Crippen LogP contribution in [0.1, 0.15) is 49.4 Å². The second-order valence-electron chi connectivity index (χ2n) is 5.63. The molecule has 1 aliphatic heterocycles. The van der Waals surface area contributed by atoms with Crippen LogP contribution in [0.2, 0.25) is 0 Å². The van der Waals surface area contributed by atoms with Crippen LogP contribution >= 0.6 is 0 Å². The number of sulfonamides is 1. The molecule has 1 aromatic rings. The van der Waals surface area contributed by atoms with Gasteiger partial charge in [-0.25, -0.2) is 13.1 Å². The molecular weight excluding hydrogens is 300 g/mol. The molecule has 6 heteroatoms. The first kappa shape index (κ1) is 17.0. The maximum Gasteiger partial charge on any atom is 0.253 e. The predicted molar refractivity (Wildman–Crippen MR) is 86.3 cm³/mol. The molecule has 0 spiro atoms. The van der Waals surface area contributed by atoms with E-state index in [1.807, 2.05) is 11.8 Å². The first-order chi connectivity index (χ1) is 10.5. The molecule has 0 atom stereocenters. The number of hydrogen-bond acceptors (Lipinski definition) is 3. The van der Waals surface area contributed by atoms with E-state index in [4.69, 9.17) is 0 Å². The van der Waals surface area contributed by atoms with Crippen molar-refractivity contribution in [3.63, 3.8) is 0 Å². The monoisotopic (exact) mass is 324 g/mol. The Kier molecular flexibility index (Phi) is 5.97. The largest absolute Gasteiger partial charge is 0.339 e. The van der Waals surface area contributed by atoms with E-state index in [-0.39, 0.29) is 10.8 Å². The van der Waals surface area contributed by atoms with E-state index in [2.05, 4.69) is 4.72 Å². The summed E-state index contributed by atoms with van der Waals surface area (Å²) in [5.74, 6) is -0.0746. The fourth-order valence-corrected chi connectivity index (χ4v) is 3.75. The average Bonchev–Trinajstić information content (AvgIpc) is 2.81. The van der Waals surface area contributed by atoms with E-state index in [1.54, 1.807) is 12.1 Å². The lowest BCUT2D eigenvalue weighted by molar-refractivity contribution is 0.0761. The Morgan fingerprint density at radius 2 is 1.86 bits per heavy atom. The molecule has 5 nitrogen and oxygen atoms in total. The molecule has 1 heterocycles. The molecule has 122 valence electrons. The molecule has 1 aliphatic rings. The molecule has 1 amide bonds. The van der Waals surface area contributed by atoms with Gasteiger partial charge in [-0.1, -0.05) is 25.8 Å². The van der Waals surface area contributed by atoms with Gasteiger partial charge in [-0.05, 0) is 37.5 Å². The Morgan fingerprint density at radius 3 is 2.50 bits per heavy atom. The molecule has 22 heavy (non-hydrogen) atoms. The summed E-state index contributed by atoms with van der Waals surface area (Å²) in [5.41, 5.74) is 0.446. The van der Waals surface area contributed by atoms with Crippen LogP contribution in [0.25, 0.3) is 0 Å². The van der Waals surface area contributed by atoms with Gasteiger partial charge in [0.15, 0.2) is 0 Å². The quantitative estimate of drug-likeness (QED) is 0.904. The second-order valence-corrected chi connectivity index (χ2v) is 7.40. The Morgan fingerprint density at radius 1 is 1.18 bits per heavy atom. The molecule has 0 saturated carbocycles. The second kappa shape index (κ2) is 7.74. The van der Waals surface area contributed by atoms with Crippen molar-refractivity contribution < 1.29 is 13.2 Å². The number of benzene rings is 1. The van der Waals surface area contributed by atoms with Crippen molar-refractivity contribution >= 4 is 15.9 Å². The molecule has 1 saturated heterocycles. The smallest absolute Gasteiger partial charge is 0.253 e. The molecule has 0 bridgehead atoms. The summed E-state index contributed by atoms with van der Waals surface area (Å²) in [7, 11) is -3.54. The van der Waals surface area contributed by atoms with Crippen LogP contribution < -0.4 is 4.72 Å². The molecule has 0 aliphatic carbocycles. The van der Waals surface area contributed by atoms with E-state index in [0.717, 1.165) is 45.2 Å². The highest BCUT2D eigenvalue weighted by molar-refractivity contribution is 7.89. The number of carbonyl (C=O) groups excluding carboxylic acids is 1. The van der Waals surface area contributed by atoms with Gasteiger partial charge in [-0.15, -0.1) is 0 Å². The maximum absolute atomic E-state index is 12.6. The van der Waals surface area contributed by atoms with Crippen LogP contribution in [0, 0.1) is 0 Å². The van der Waals surface area contributed by atoms with Crippen LogP contribution in [-0.4, -0.2) is 38.9 Å². The fourth-order valence-electron chi connectivity index (χ4n) is 2.57. The van der Waals surface area contributed by atoms with E-state index in [1.165, 1.54) is 12.1 Å². The van der Waals surface area contributed by atoms with Gasteiger partial charge in [0, 0.05) is 25.2 Å². The first-order valence-corrected chi connectivity index (χ1v) is 9.42. The van der Waals surface area contributed by atoms with Gasteiger partial charge < -0.3 is 4.90 Å². The summed E-state index contributed by atoms with van der Waals surface area (Å²) >= 11 is 0. The van der Waals surface area contributed by atoms with Crippen molar-refractivity contribution in [3.8, 4) is 0 Å². The minimum atomic E-state index is -3.54. The third kappa shape index (κ3) is 4.30. The molecular formula is C16H24N2O3S. The average molecular weight is 324 g/mol. The van der Waals surface area contributed by atoms with Crippen LogP contribution in [0.4, 0.5) is 0 Å². The molecule has 1 N–H and O–H groups in total. The summed E-state index contributed by atoms with van der Waals surface area (Å²) in [6.07, 6.45) is 5.06. The third-order valence-corrected chi connectivity index (χ3v) is 5.29.